The van der Waals surface area contributed by atoms with Gasteiger partial charge < -0.3 is 5.73 Å². The second-order valence-electron chi connectivity index (χ2n) is 5.60. The number of aryl methyl sites for hydroxylation is 1. The molecule has 3 rings (SSSR count). The van der Waals surface area contributed by atoms with Gasteiger partial charge in [-0.15, -0.1) is 5.10 Å². The van der Waals surface area contributed by atoms with Crippen molar-refractivity contribution in [2.24, 2.45) is 0 Å². The molecule has 1 saturated heterocycles. The number of nitrogens with two attached hydrogens (primary N) is 1. The van der Waals surface area contributed by atoms with Crippen molar-refractivity contribution in [1.29, 1.82) is 0 Å². The van der Waals surface area contributed by atoms with Crippen molar-refractivity contribution in [1.82, 2.24) is 15.1 Å². The normalized spacial score (nSPS) is 19.0. The van der Waals surface area contributed by atoms with Gasteiger partial charge in [0, 0.05) is 6.54 Å². The van der Waals surface area contributed by atoms with Crippen molar-refractivity contribution in [3.63, 3.8) is 0 Å². The number of aromatic nitrogens is 2. The fourth-order valence-corrected chi connectivity index (χ4v) is 2.85. The van der Waals surface area contributed by atoms with E-state index < -0.39 is 0 Å². The topological polar surface area (TPSA) is 55.0 Å². The molecule has 1 aromatic carbocycles. The molecule has 4 nitrogen and oxygen atoms in total. The second-order valence-corrected chi connectivity index (χ2v) is 5.60. The number of likely N-dealkylation sites (tertiary alicyclic amines) is 1. The van der Waals surface area contributed by atoms with Crippen molar-refractivity contribution in [2.45, 2.75) is 32.4 Å². The van der Waals surface area contributed by atoms with Crippen LogP contribution in [0.15, 0.2) is 30.3 Å². The van der Waals surface area contributed by atoms with Crippen LogP contribution >= 0.6 is 0 Å². The first kappa shape index (κ1) is 13.9. The summed E-state index contributed by atoms with van der Waals surface area (Å²) in [6.45, 7) is 3.50. The van der Waals surface area contributed by atoms with Gasteiger partial charge in [-0.25, -0.2) is 4.39 Å². The van der Waals surface area contributed by atoms with Gasteiger partial charge in [-0.2, -0.15) is 5.10 Å². The summed E-state index contributed by atoms with van der Waals surface area (Å²) in [4.78, 5) is 2.32. The highest BCUT2D eigenvalue weighted by Gasteiger charge is 2.27. The second kappa shape index (κ2) is 5.77. The van der Waals surface area contributed by atoms with Gasteiger partial charge in [0.2, 0.25) is 0 Å². The minimum absolute atomic E-state index is 0.143. The predicted molar refractivity (Wildman–Crippen MR) is 80.0 cm³/mol. The molecule has 0 aliphatic carbocycles. The van der Waals surface area contributed by atoms with Crippen molar-refractivity contribution in [3.05, 3.63) is 53.0 Å². The van der Waals surface area contributed by atoms with Crippen LogP contribution in [0.5, 0.6) is 0 Å². The number of hydrogen-bond acceptors (Lipinski definition) is 4. The molecule has 1 atom stereocenters. The standard InChI is InChI=1S/C16H19FN4/c1-11-4-5-12(9-13(11)17)10-21-8-2-3-15(21)14-6-7-16(18)20-19-14/h4-7,9,15H,2-3,8,10H2,1H3,(H2,18,20). The van der Waals surface area contributed by atoms with Crippen LogP contribution in [0.2, 0.25) is 0 Å². The fourth-order valence-electron chi connectivity index (χ4n) is 2.85. The van der Waals surface area contributed by atoms with Gasteiger partial charge in [0.05, 0.1) is 11.7 Å². The Morgan fingerprint density at radius 1 is 1.29 bits per heavy atom. The number of halogens is 1. The van der Waals surface area contributed by atoms with Gasteiger partial charge in [0.25, 0.3) is 0 Å². The summed E-state index contributed by atoms with van der Waals surface area (Å²) in [6.07, 6.45) is 2.16. The van der Waals surface area contributed by atoms with Crippen molar-refractivity contribution in [2.75, 3.05) is 12.3 Å². The van der Waals surface area contributed by atoms with E-state index in [0.29, 0.717) is 11.4 Å². The Balaban J connectivity index is 1.77. The number of benzene rings is 1. The molecule has 5 heteroatoms. The zero-order chi connectivity index (χ0) is 14.8. The lowest BCUT2D eigenvalue weighted by Gasteiger charge is -2.23. The van der Waals surface area contributed by atoms with Gasteiger partial charge in [0.15, 0.2) is 0 Å². The van der Waals surface area contributed by atoms with E-state index in [4.69, 9.17) is 5.73 Å². The summed E-state index contributed by atoms with van der Waals surface area (Å²) in [7, 11) is 0. The summed E-state index contributed by atoms with van der Waals surface area (Å²) in [5, 5.41) is 8.13. The first-order chi connectivity index (χ1) is 10.1. The largest absolute Gasteiger partial charge is 0.382 e. The summed E-state index contributed by atoms with van der Waals surface area (Å²) < 4.78 is 13.7. The molecule has 0 saturated carbocycles. The molecule has 21 heavy (non-hydrogen) atoms. The molecular formula is C16H19FN4. The molecule has 0 spiro atoms. The van der Waals surface area contributed by atoms with Crippen LogP contribution in [0.1, 0.15) is 35.7 Å². The molecular weight excluding hydrogens is 267 g/mol. The van der Waals surface area contributed by atoms with E-state index in [1.807, 2.05) is 18.2 Å². The van der Waals surface area contributed by atoms with E-state index in [9.17, 15) is 4.39 Å². The van der Waals surface area contributed by atoms with Crippen molar-refractivity contribution >= 4 is 5.82 Å². The molecule has 2 heterocycles. The molecule has 110 valence electrons. The molecule has 0 radical (unpaired) electrons. The summed E-state index contributed by atoms with van der Waals surface area (Å²) in [5.41, 5.74) is 8.20. The highest BCUT2D eigenvalue weighted by Crippen LogP contribution is 2.32. The smallest absolute Gasteiger partial charge is 0.146 e. The Hall–Kier alpha value is -2.01. The monoisotopic (exact) mass is 286 g/mol. The zero-order valence-corrected chi connectivity index (χ0v) is 12.1. The molecule has 1 fully saturated rings. The van der Waals surface area contributed by atoms with Crippen LogP contribution in [0.4, 0.5) is 10.2 Å². The van der Waals surface area contributed by atoms with Crippen LogP contribution in [0, 0.1) is 12.7 Å². The predicted octanol–water partition coefficient (Wildman–Crippen LogP) is 2.84. The van der Waals surface area contributed by atoms with Gasteiger partial charge in [-0.3, -0.25) is 4.90 Å². The number of hydrogen-bond donors (Lipinski definition) is 1. The Morgan fingerprint density at radius 2 is 2.14 bits per heavy atom. The lowest BCUT2D eigenvalue weighted by Crippen LogP contribution is -2.23. The minimum atomic E-state index is -0.143. The maximum absolute atomic E-state index is 13.7. The average molecular weight is 286 g/mol. The van der Waals surface area contributed by atoms with E-state index >= 15 is 0 Å². The summed E-state index contributed by atoms with van der Waals surface area (Å²) >= 11 is 0. The molecule has 1 aromatic heterocycles. The molecule has 0 amide bonds. The van der Waals surface area contributed by atoms with Crippen LogP contribution in [-0.4, -0.2) is 21.6 Å². The fraction of sp³-hybridized carbons (Fsp3) is 0.375. The Labute approximate surface area is 123 Å². The van der Waals surface area contributed by atoms with Gasteiger partial charge >= 0.3 is 0 Å². The van der Waals surface area contributed by atoms with E-state index in [-0.39, 0.29) is 11.9 Å². The van der Waals surface area contributed by atoms with Crippen LogP contribution in [0.3, 0.4) is 0 Å². The van der Waals surface area contributed by atoms with Crippen LogP contribution in [0.25, 0.3) is 0 Å². The van der Waals surface area contributed by atoms with Crippen LogP contribution in [-0.2, 0) is 6.54 Å². The van der Waals surface area contributed by atoms with Crippen molar-refractivity contribution in [3.8, 4) is 0 Å². The molecule has 1 aliphatic rings. The summed E-state index contributed by atoms with van der Waals surface area (Å²) in [6, 6.07) is 9.40. The van der Waals surface area contributed by atoms with Crippen LogP contribution < -0.4 is 5.73 Å². The maximum Gasteiger partial charge on any atom is 0.146 e. The third kappa shape index (κ3) is 3.03. The third-order valence-electron chi connectivity index (χ3n) is 4.03. The molecule has 0 bridgehead atoms. The Kier molecular flexibility index (Phi) is 3.84. The molecule has 1 aliphatic heterocycles. The van der Waals surface area contributed by atoms with E-state index in [1.165, 1.54) is 0 Å². The Morgan fingerprint density at radius 3 is 2.86 bits per heavy atom. The molecule has 2 aromatic rings. The quantitative estimate of drug-likeness (QED) is 0.942. The first-order valence-electron chi connectivity index (χ1n) is 7.21. The van der Waals surface area contributed by atoms with E-state index in [1.54, 1.807) is 19.1 Å². The number of rotatable bonds is 3. The number of nitrogen functional groups attached to an aromatic ring is 1. The zero-order valence-electron chi connectivity index (χ0n) is 12.1. The molecule has 2 N–H and O–H groups in total. The third-order valence-corrected chi connectivity index (χ3v) is 4.03. The average Bonchev–Trinajstić information content (AvgIpc) is 2.92. The van der Waals surface area contributed by atoms with Gasteiger partial charge in [0.1, 0.15) is 11.6 Å². The van der Waals surface area contributed by atoms with Gasteiger partial charge in [-0.1, -0.05) is 12.1 Å². The highest BCUT2D eigenvalue weighted by atomic mass is 19.1. The first-order valence-corrected chi connectivity index (χ1v) is 7.21. The number of nitrogens with zero attached hydrogens (tertiary/aromatic N) is 3. The lowest BCUT2D eigenvalue weighted by molar-refractivity contribution is 0.243. The summed E-state index contributed by atoms with van der Waals surface area (Å²) in [5.74, 6) is 0.291. The lowest BCUT2D eigenvalue weighted by atomic mass is 10.1. The van der Waals surface area contributed by atoms with E-state index in [0.717, 1.165) is 37.2 Å². The Bertz CT molecular complexity index is 627. The highest BCUT2D eigenvalue weighted by molar-refractivity contribution is 5.27. The molecule has 1 unspecified atom stereocenters. The number of anilines is 1. The minimum Gasteiger partial charge on any atom is -0.382 e. The van der Waals surface area contributed by atoms with Gasteiger partial charge in [-0.05, 0) is 55.6 Å². The maximum atomic E-state index is 13.7. The van der Waals surface area contributed by atoms with Crippen molar-refractivity contribution < 1.29 is 4.39 Å². The SMILES string of the molecule is Cc1ccc(CN2CCCC2c2ccc(N)nn2)cc1F. The van der Waals surface area contributed by atoms with E-state index in [2.05, 4.69) is 15.1 Å².